The normalized spacial score (nSPS) is 10.5. The summed E-state index contributed by atoms with van der Waals surface area (Å²) in [5.41, 5.74) is 5.79. The van der Waals surface area contributed by atoms with Gasteiger partial charge in [-0.05, 0) is 57.1 Å². The van der Waals surface area contributed by atoms with E-state index >= 15 is 0 Å². The Hall–Kier alpha value is -1.88. The van der Waals surface area contributed by atoms with Crippen LogP contribution in [0.3, 0.4) is 0 Å². The van der Waals surface area contributed by atoms with Crippen LogP contribution in [-0.4, -0.2) is 14.9 Å². The molecule has 0 saturated heterocycles. The Labute approximate surface area is 131 Å². The van der Waals surface area contributed by atoms with Crippen molar-refractivity contribution in [1.82, 2.24) is 15.1 Å². The lowest BCUT2D eigenvalue weighted by Crippen LogP contribution is -2.28. The Morgan fingerprint density at radius 3 is 2.71 bits per heavy atom. The summed E-state index contributed by atoms with van der Waals surface area (Å²) in [6.45, 7) is 9.88. The van der Waals surface area contributed by atoms with Gasteiger partial charge in [-0.1, -0.05) is 12.1 Å². The summed E-state index contributed by atoms with van der Waals surface area (Å²) >= 11 is 5.37. The van der Waals surface area contributed by atoms with Gasteiger partial charge in [0, 0.05) is 30.0 Å². The van der Waals surface area contributed by atoms with Crippen molar-refractivity contribution in [3.8, 4) is 0 Å². The van der Waals surface area contributed by atoms with E-state index in [0.717, 1.165) is 12.2 Å². The van der Waals surface area contributed by atoms with Gasteiger partial charge in [-0.25, -0.2) is 0 Å². The van der Waals surface area contributed by atoms with Crippen molar-refractivity contribution in [1.29, 1.82) is 0 Å². The molecule has 2 aromatic rings. The Morgan fingerprint density at radius 2 is 2.05 bits per heavy atom. The number of aromatic nitrogens is 2. The molecule has 0 aliphatic carbocycles. The van der Waals surface area contributed by atoms with Crippen LogP contribution in [0.15, 0.2) is 24.4 Å². The highest BCUT2D eigenvalue weighted by molar-refractivity contribution is 7.80. The number of nitrogens with one attached hydrogen (secondary N) is 2. The van der Waals surface area contributed by atoms with Crippen molar-refractivity contribution < 1.29 is 0 Å². The molecule has 0 unspecified atom stereocenters. The maximum atomic E-state index is 5.37. The first kappa shape index (κ1) is 15.5. The lowest BCUT2D eigenvalue weighted by atomic mass is 10.1. The second-order valence-electron chi connectivity index (χ2n) is 5.20. The van der Waals surface area contributed by atoms with Gasteiger partial charge >= 0.3 is 0 Å². The number of thiocarbonyl (C=S) groups is 1. The maximum Gasteiger partial charge on any atom is 0.171 e. The minimum atomic E-state index is 0.632. The Balaban J connectivity index is 1.96. The second kappa shape index (κ2) is 6.72. The zero-order chi connectivity index (χ0) is 15.4. The minimum Gasteiger partial charge on any atom is -0.358 e. The molecule has 2 rings (SSSR count). The molecular weight excluding hydrogens is 280 g/mol. The molecule has 0 amide bonds. The van der Waals surface area contributed by atoms with Crippen LogP contribution in [0.5, 0.6) is 0 Å². The molecule has 0 fully saturated rings. The molecule has 1 heterocycles. The molecule has 2 N–H and O–H groups in total. The van der Waals surface area contributed by atoms with E-state index in [0.29, 0.717) is 11.7 Å². The third-order valence-corrected chi connectivity index (χ3v) is 3.83. The van der Waals surface area contributed by atoms with Crippen molar-refractivity contribution in [3.05, 3.63) is 46.8 Å². The molecular formula is C16H22N4S. The molecule has 0 aliphatic rings. The Kier molecular flexibility index (Phi) is 4.96. The lowest BCUT2D eigenvalue weighted by Gasteiger charge is -2.13. The summed E-state index contributed by atoms with van der Waals surface area (Å²) in [4.78, 5) is 0. The van der Waals surface area contributed by atoms with Gasteiger partial charge in [0.2, 0.25) is 0 Å². The molecule has 0 aliphatic heterocycles. The van der Waals surface area contributed by atoms with Crippen LogP contribution in [0.2, 0.25) is 0 Å². The van der Waals surface area contributed by atoms with Crippen LogP contribution >= 0.6 is 12.2 Å². The van der Waals surface area contributed by atoms with Crippen molar-refractivity contribution >= 4 is 23.0 Å². The van der Waals surface area contributed by atoms with Gasteiger partial charge in [0.1, 0.15) is 0 Å². The quantitative estimate of drug-likeness (QED) is 0.850. The van der Waals surface area contributed by atoms with Crippen LogP contribution < -0.4 is 10.6 Å². The van der Waals surface area contributed by atoms with Crippen molar-refractivity contribution in [2.24, 2.45) is 0 Å². The van der Waals surface area contributed by atoms with E-state index in [9.17, 15) is 0 Å². The average molecular weight is 302 g/mol. The van der Waals surface area contributed by atoms with E-state index in [1.54, 1.807) is 0 Å². The van der Waals surface area contributed by atoms with E-state index in [1.165, 1.54) is 22.4 Å². The van der Waals surface area contributed by atoms with Gasteiger partial charge in [-0.2, -0.15) is 5.10 Å². The summed E-state index contributed by atoms with van der Waals surface area (Å²) in [5, 5.41) is 11.5. The first-order valence-corrected chi connectivity index (χ1v) is 7.55. The molecule has 0 saturated carbocycles. The summed E-state index contributed by atoms with van der Waals surface area (Å²) < 4.78 is 1.98. The number of hydrogen-bond donors (Lipinski definition) is 2. The number of anilines is 1. The SMILES string of the molecule is CCn1ncc(CNC(=S)Nc2cc(C)ccc2C)c1C. The predicted octanol–water partition coefficient (Wildman–Crippen LogP) is 3.31. The van der Waals surface area contributed by atoms with Crippen molar-refractivity contribution in [2.75, 3.05) is 5.32 Å². The third kappa shape index (κ3) is 3.82. The highest BCUT2D eigenvalue weighted by Crippen LogP contribution is 2.16. The molecule has 0 bridgehead atoms. The Morgan fingerprint density at radius 1 is 1.29 bits per heavy atom. The van der Waals surface area contributed by atoms with Crippen LogP contribution in [-0.2, 0) is 13.1 Å². The molecule has 0 spiro atoms. The predicted molar refractivity (Wildman–Crippen MR) is 91.6 cm³/mol. The Bertz CT molecular complexity index is 646. The zero-order valence-corrected chi connectivity index (χ0v) is 13.8. The van der Waals surface area contributed by atoms with Gasteiger partial charge in [0.15, 0.2) is 5.11 Å². The van der Waals surface area contributed by atoms with Crippen LogP contribution in [0.1, 0.15) is 29.3 Å². The first-order chi connectivity index (χ1) is 10.0. The number of aryl methyl sites for hydroxylation is 3. The van der Waals surface area contributed by atoms with E-state index in [2.05, 4.69) is 61.6 Å². The molecule has 0 atom stereocenters. The summed E-state index contributed by atoms with van der Waals surface area (Å²) in [5.74, 6) is 0. The summed E-state index contributed by atoms with van der Waals surface area (Å²) in [6, 6.07) is 6.29. The molecule has 21 heavy (non-hydrogen) atoms. The number of hydrogen-bond acceptors (Lipinski definition) is 2. The highest BCUT2D eigenvalue weighted by Gasteiger charge is 2.06. The smallest absolute Gasteiger partial charge is 0.171 e. The maximum absolute atomic E-state index is 5.37. The second-order valence-corrected chi connectivity index (χ2v) is 5.61. The number of nitrogens with zero attached hydrogens (tertiary/aromatic N) is 2. The topological polar surface area (TPSA) is 41.9 Å². The fraction of sp³-hybridized carbons (Fsp3) is 0.375. The monoisotopic (exact) mass is 302 g/mol. The summed E-state index contributed by atoms with van der Waals surface area (Å²) in [7, 11) is 0. The van der Waals surface area contributed by atoms with Gasteiger partial charge in [0.05, 0.1) is 6.20 Å². The molecule has 5 heteroatoms. The fourth-order valence-corrected chi connectivity index (χ4v) is 2.37. The van der Waals surface area contributed by atoms with Crippen LogP contribution in [0.4, 0.5) is 5.69 Å². The van der Waals surface area contributed by atoms with E-state index in [-0.39, 0.29) is 0 Å². The van der Waals surface area contributed by atoms with Crippen LogP contribution in [0.25, 0.3) is 0 Å². The summed E-state index contributed by atoms with van der Waals surface area (Å²) in [6.07, 6.45) is 1.90. The highest BCUT2D eigenvalue weighted by atomic mass is 32.1. The zero-order valence-electron chi connectivity index (χ0n) is 13.0. The van der Waals surface area contributed by atoms with Crippen molar-refractivity contribution in [3.63, 3.8) is 0 Å². The largest absolute Gasteiger partial charge is 0.358 e. The third-order valence-electron chi connectivity index (χ3n) is 3.59. The molecule has 4 nitrogen and oxygen atoms in total. The molecule has 1 aromatic carbocycles. The average Bonchev–Trinajstić information content (AvgIpc) is 2.81. The number of rotatable bonds is 4. The van der Waals surface area contributed by atoms with Gasteiger partial charge in [0.25, 0.3) is 0 Å². The van der Waals surface area contributed by atoms with Gasteiger partial charge in [-0.3, -0.25) is 4.68 Å². The minimum absolute atomic E-state index is 0.632. The lowest BCUT2D eigenvalue weighted by molar-refractivity contribution is 0.638. The van der Waals surface area contributed by atoms with E-state index in [1.807, 2.05) is 10.9 Å². The van der Waals surface area contributed by atoms with Gasteiger partial charge in [-0.15, -0.1) is 0 Å². The molecule has 112 valence electrons. The van der Waals surface area contributed by atoms with E-state index < -0.39 is 0 Å². The molecule has 0 radical (unpaired) electrons. The van der Waals surface area contributed by atoms with Crippen LogP contribution in [0, 0.1) is 20.8 Å². The van der Waals surface area contributed by atoms with Gasteiger partial charge < -0.3 is 10.6 Å². The van der Waals surface area contributed by atoms with E-state index in [4.69, 9.17) is 12.2 Å². The fourth-order valence-electron chi connectivity index (χ4n) is 2.19. The van der Waals surface area contributed by atoms with Crippen molar-refractivity contribution in [2.45, 2.75) is 40.8 Å². The number of benzene rings is 1. The first-order valence-electron chi connectivity index (χ1n) is 7.14. The molecule has 1 aromatic heterocycles. The standard InChI is InChI=1S/C16H22N4S/c1-5-20-13(4)14(10-18-20)9-17-16(21)19-15-8-11(2)6-7-12(15)3/h6-8,10H,5,9H2,1-4H3,(H2,17,19,21).